The van der Waals surface area contributed by atoms with Gasteiger partial charge in [-0.3, -0.25) is 9.78 Å². The number of rotatable bonds is 8. The van der Waals surface area contributed by atoms with Crippen LogP contribution in [0.2, 0.25) is 0 Å². The first kappa shape index (κ1) is 21.6. The van der Waals surface area contributed by atoms with Crippen LogP contribution in [-0.4, -0.2) is 34.6 Å². The van der Waals surface area contributed by atoms with Crippen LogP contribution in [0.15, 0.2) is 67.1 Å². The van der Waals surface area contributed by atoms with Crippen LogP contribution in [0.1, 0.15) is 17.3 Å². The number of hydrogen-bond acceptors (Lipinski definition) is 7. The summed E-state index contributed by atoms with van der Waals surface area (Å²) in [5.74, 6) is -1.48. The molecule has 3 aromatic rings. The number of nitrogens with zero attached hydrogens (tertiary/aromatic N) is 2. The molecule has 0 bridgehead atoms. The molecule has 0 saturated carbocycles. The molecule has 3 rings (SSSR count). The van der Waals surface area contributed by atoms with Crippen molar-refractivity contribution < 1.29 is 32.6 Å². The number of amides is 1. The van der Waals surface area contributed by atoms with Gasteiger partial charge in [0.25, 0.3) is 5.91 Å². The fourth-order valence-electron chi connectivity index (χ4n) is 2.43. The van der Waals surface area contributed by atoms with E-state index in [9.17, 15) is 18.4 Å². The van der Waals surface area contributed by atoms with Gasteiger partial charge in [0.2, 0.25) is 5.88 Å². The third-order valence-electron chi connectivity index (χ3n) is 3.85. The molecule has 1 N–H and O–H groups in total. The van der Waals surface area contributed by atoms with Crippen LogP contribution in [0.4, 0.5) is 14.5 Å². The van der Waals surface area contributed by atoms with Gasteiger partial charge in [0, 0.05) is 12.4 Å². The van der Waals surface area contributed by atoms with Crippen molar-refractivity contribution in [1.82, 2.24) is 9.97 Å². The highest BCUT2D eigenvalue weighted by Crippen LogP contribution is 2.26. The summed E-state index contributed by atoms with van der Waals surface area (Å²) in [5, 5.41) is 2.40. The first-order valence-electron chi connectivity index (χ1n) is 9.02. The number of halogens is 2. The van der Waals surface area contributed by atoms with Crippen molar-refractivity contribution in [2.45, 2.75) is 19.6 Å². The molecule has 0 aliphatic rings. The Labute approximate surface area is 175 Å². The maximum absolute atomic E-state index is 12.6. The number of carbonyl (C=O) groups excluding carboxylic acids is 2. The van der Waals surface area contributed by atoms with Crippen molar-refractivity contribution >= 4 is 17.6 Å². The van der Waals surface area contributed by atoms with Crippen LogP contribution >= 0.6 is 0 Å². The van der Waals surface area contributed by atoms with Gasteiger partial charge in [-0.2, -0.15) is 8.78 Å². The molecular weight excluding hydrogens is 412 g/mol. The monoisotopic (exact) mass is 429 g/mol. The van der Waals surface area contributed by atoms with E-state index in [4.69, 9.17) is 9.47 Å². The number of alkyl halides is 2. The Morgan fingerprint density at radius 2 is 1.81 bits per heavy atom. The number of pyridine rings is 2. The molecule has 2 heterocycles. The Hall–Kier alpha value is -4.08. The van der Waals surface area contributed by atoms with Gasteiger partial charge in [-0.25, -0.2) is 9.78 Å². The summed E-state index contributed by atoms with van der Waals surface area (Å²) in [6.07, 6.45) is 3.18. The Morgan fingerprint density at radius 3 is 2.55 bits per heavy atom. The third-order valence-corrected chi connectivity index (χ3v) is 3.85. The lowest BCUT2D eigenvalue weighted by atomic mass is 10.2. The number of carbonyl (C=O) groups is 2. The van der Waals surface area contributed by atoms with Gasteiger partial charge in [0.1, 0.15) is 17.1 Å². The van der Waals surface area contributed by atoms with Crippen LogP contribution in [0.5, 0.6) is 17.4 Å². The van der Waals surface area contributed by atoms with E-state index in [1.54, 1.807) is 18.3 Å². The van der Waals surface area contributed by atoms with E-state index >= 15 is 0 Å². The topological polar surface area (TPSA) is 99.6 Å². The second kappa shape index (κ2) is 10.1. The Kier molecular flexibility index (Phi) is 7.05. The first-order valence-corrected chi connectivity index (χ1v) is 9.02. The van der Waals surface area contributed by atoms with Gasteiger partial charge >= 0.3 is 12.6 Å². The third kappa shape index (κ3) is 5.95. The maximum Gasteiger partial charge on any atom is 0.387 e. The minimum Gasteiger partial charge on any atom is -0.449 e. The summed E-state index contributed by atoms with van der Waals surface area (Å²) in [7, 11) is 0. The van der Waals surface area contributed by atoms with E-state index in [1.807, 2.05) is 0 Å². The minimum atomic E-state index is -3.06. The Balaban J connectivity index is 1.68. The summed E-state index contributed by atoms with van der Waals surface area (Å²) in [5.41, 5.74) is 0.00473. The second-order valence-electron chi connectivity index (χ2n) is 6.06. The van der Waals surface area contributed by atoms with Gasteiger partial charge in [-0.15, -0.1) is 0 Å². The van der Waals surface area contributed by atoms with Crippen molar-refractivity contribution in [3.05, 3.63) is 72.7 Å². The standard InChI is InChI=1S/C21H17F2N3O5/c1-13(18(27)26-16-8-2-3-9-17(16)31-21(22)23)29-20(28)15-7-5-11-25-19(15)30-14-6-4-10-24-12-14/h2-13,21H,1H3,(H,26,27). The molecule has 31 heavy (non-hydrogen) atoms. The number of esters is 1. The van der Waals surface area contributed by atoms with Crippen LogP contribution in [0.3, 0.4) is 0 Å². The van der Waals surface area contributed by atoms with E-state index in [0.717, 1.165) is 0 Å². The first-order chi connectivity index (χ1) is 14.9. The smallest absolute Gasteiger partial charge is 0.387 e. The maximum atomic E-state index is 12.6. The molecule has 10 heteroatoms. The summed E-state index contributed by atoms with van der Waals surface area (Å²) in [6, 6.07) is 11.9. The Morgan fingerprint density at radius 1 is 1.03 bits per heavy atom. The van der Waals surface area contributed by atoms with Crippen molar-refractivity contribution in [2.24, 2.45) is 0 Å². The molecule has 1 aromatic carbocycles. The summed E-state index contributed by atoms with van der Waals surface area (Å²) >= 11 is 0. The van der Waals surface area contributed by atoms with Crippen LogP contribution in [0.25, 0.3) is 0 Å². The van der Waals surface area contributed by atoms with Crippen LogP contribution in [-0.2, 0) is 9.53 Å². The van der Waals surface area contributed by atoms with Crippen molar-refractivity contribution in [3.8, 4) is 17.4 Å². The highest BCUT2D eigenvalue weighted by molar-refractivity contribution is 5.98. The molecule has 2 aromatic heterocycles. The van der Waals surface area contributed by atoms with Crippen molar-refractivity contribution in [2.75, 3.05) is 5.32 Å². The number of aromatic nitrogens is 2. The molecule has 1 amide bonds. The zero-order chi connectivity index (χ0) is 22.2. The molecule has 0 saturated heterocycles. The molecule has 0 radical (unpaired) electrons. The van der Waals surface area contributed by atoms with Gasteiger partial charge in [0.05, 0.1) is 11.9 Å². The Bertz CT molecular complexity index is 1050. The molecule has 1 unspecified atom stereocenters. The normalized spacial score (nSPS) is 11.5. The highest BCUT2D eigenvalue weighted by Gasteiger charge is 2.23. The summed E-state index contributed by atoms with van der Waals surface area (Å²) in [4.78, 5) is 32.9. The van der Waals surface area contributed by atoms with Gasteiger partial charge in [-0.1, -0.05) is 12.1 Å². The number of nitrogens with one attached hydrogen (secondary N) is 1. The summed E-state index contributed by atoms with van der Waals surface area (Å²) < 4.78 is 40.2. The number of ether oxygens (including phenoxy) is 3. The predicted molar refractivity (Wildman–Crippen MR) is 105 cm³/mol. The van der Waals surface area contributed by atoms with Crippen LogP contribution < -0.4 is 14.8 Å². The van der Waals surface area contributed by atoms with E-state index in [0.29, 0.717) is 5.75 Å². The zero-order valence-corrected chi connectivity index (χ0v) is 16.2. The second-order valence-corrected chi connectivity index (χ2v) is 6.06. The molecule has 160 valence electrons. The fourth-order valence-corrected chi connectivity index (χ4v) is 2.43. The molecule has 0 aliphatic carbocycles. The van der Waals surface area contributed by atoms with Gasteiger partial charge in [0.15, 0.2) is 6.10 Å². The number of anilines is 1. The largest absolute Gasteiger partial charge is 0.449 e. The molecule has 0 aliphatic heterocycles. The average molecular weight is 429 g/mol. The predicted octanol–water partition coefficient (Wildman–Crippen LogP) is 4.05. The summed E-state index contributed by atoms with van der Waals surface area (Å²) in [6.45, 7) is -1.72. The minimum absolute atomic E-state index is 0.00700. The number of hydrogen-bond donors (Lipinski definition) is 1. The molecule has 0 spiro atoms. The van der Waals surface area contributed by atoms with Gasteiger partial charge < -0.3 is 19.5 Å². The lowest BCUT2D eigenvalue weighted by Crippen LogP contribution is -2.30. The van der Waals surface area contributed by atoms with E-state index < -0.39 is 24.6 Å². The average Bonchev–Trinajstić information content (AvgIpc) is 2.75. The SMILES string of the molecule is CC(OC(=O)c1cccnc1Oc1cccnc1)C(=O)Nc1ccccc1OC(F)F. The van der Waals surface area contributed by atoms with Crippen molar-refractivity contribution in [3.63, 3.8) is 0 Å². The van der Waals surface area contributed by atoms with Crippen molar-refractivity contribution in [1.29, 1.82) is 0 Å². The quantitative estimate of drug-likeness (QED) is 0.539. The molecule has 0 fully saturated rings. The number of benzene rings is 1. The lowest BCUT2D eigenvalue weighted by molar-refractivity contribution is -0.123. The number of para-hydroxylation sites is 2. The molecule has 8 nitrogen and oxygen atoms in total. The van der Waals surface area contributed by atoms with Gasteiger partial charge in [-0.05, 0) is 43.3 Å². The van der Waals surface area contributed by atoms with E-state index in [1.165, 1.54) is 55.7 Å². The van der Waals surface area contributed by atoms with E-state index in [-0.39, 0.29) is 22.9 Å². The molecular formula is C21H17F2N3O5. The molecule has 1 atom stereocenters. The lowest BCUT2D eigenvalue weighted by Gasteiger charge is -2.16. The van der Waals surface area contributed by atoms with E-state index in [2.05, 4.69) is 20.0 Å². The fraction of sp³-hybridized carbons (Fsp3) is 0.143. The zero-order valence-electron chi connectivity index (χ0n) is 16.2. The van der Waals surface area contributed by atoms with Crippen LogP contribution in [0, 0.1) is 0 Å². The highest BCUT2D eigenvalue weighted by atomic mass is 19.3.